The van der Waals surface area contributed by atoms with Crippen molar-refractivity contribution in [1.29, 1.82) is 0 Å². The highest BCUT2D eigenvalue weighted by Gasteiger charge is 2.35. The van der Waals surface area contributed by atoms with Gasteiger partial charge < -0.3 is 10.5 Å². The third-order valence-corrected chi connectivity index (χ3v) is 5.61. The molecule has 0 atom stereocenters. The molecule has 1 amide bonds. The van der Waals surface area contributed by atoms with E-state index in [0.29, 0.717) is 5.56 Å². The van der Waals surface area contributed by atoms with E-state index < -0.39 is 27.4 Å². The van der Waals surface area contributed by atoms with E-state index in [0.717, 1.165) is 18.4 Å². The van der Waals surface area contributed by atoms with Crippen LogP contribution in [0, 0.1) is 6.92 Å². The van der Waals surface area contributed by atoms with Crippen LogP contribution in [0.5, 0.6) is 0 Å². The van der Waals surface area contributed by atoms with E-state index in [-0.39, 0.29) is 9.77 Å². The molecule has 20 heavy (non-hydrogen) atoms. The van der Waals surface area contributed by atoms with Crippen molar-refractivity contribution in [2.24, 2.45) is 5.73 Å². The number of carbonyl (C=O) groups is 2. The van der Waals surface area contributed by atoms with E-state index in [1.165, 1.54) is 19.2 Å². The molecule has 0 aromatic carbocycles. The fraction of sp³-hybridized carbons (Fsp3) is 0.455. The highest BCUT2D eigenvalue weighted by Crippen LogP contribution is 2.28. The molecule has 3 N–H and O–H groups in total. The Morgan fingerprint density at radius 2 is 1.95 bits per heavy atom. The summed E-state index contributed by atoms with van der Waals surface area (Å²) >= 11 is 0.960. The Hall–Kier alpha value is -1.45. The first-order valence-corrected chi connectivity index (χ1v) is 7.89. The van der Waals surface area contributed by atoms with E-state index in [9.17, 15) is 18.0 Å². The lowest BCUT2D eigenvalue weighted by Crippen LogP contribution is -2.53. The Morgan fingerprint density at radius 1 is 1.40 bits per heavy atom. The second kappa shape index (κ2) is 5.51. The molecule has 0 unspecified atom stereocenters. The van der Waals surface area contributed by atoms with Crippen LogP contribution >= 0.6 is 11.3 Å². The molecule has 0 saturated heterocycles. The Labute approximate surface area is 121 Å². The topological polar surface area (TPSA) is 116 Å². The Balaban J connectivity index is 3.34. The molecule has 0 aliphatic rings. The van der Waals surface area contributed by atoms with Crippen molar-refractivity contribution in [3.8, 4) is 0 Å². The molecule has 0 spiro atoms. The predicted molar refractivity (Wildman–Crippen MR) is 74.0 cm³/mol. The van der Waals surface area contributed by atoms with Gasteiger partial charge in [-0.1, -0.05) is 0 Å². The quantitative estimate of drug-likeness (QED) is 0.761. The van der Waals surface area contributed by atoms with Crippen LogP contribution in [-0.2, 0) is 19.6 Å². The maximum atomic E-state index is 12.4. The summed E-state index contributed by atoms with van der Waals surface area (Å²) in [7, 11) is -2.92. The van der Waals surface area contributed by atoms with Crippen LogP contribution in [-0.4, -0.2) is 32.9 Å². The molecule has 7 nitrogen and oxygen atoms in total. The maximum Gasteiger partial charge on any atom is 0.349 e. The van der Waals surface area contributed by atoms with Crippen molar-refractivity contribution in [3.05, 3.63) is 15.8 Å². The van der Waals surface area contributed by atoms with Crippen LogP contribution in [0.25, 0.3) is 0 Å². The molecule has 0 bridgehead atoms. The Bertz CT molecular complexity index is 646. The van der Waals surface area contributed by atoms with Crippen LogP contribution in [0.3, 0.4) is 0 Å². The zero-order chi connectivity index (χ0) is 15.7. The fourth-order valence-corrected chi connectivity index (χ4v) is 4.53. The van der Waals surface area contributed by atoms with E-state index in [1.54, 1.807) is 6.92 Å². The molecule has 0 aliphatic carbocycles. The third-order valence-electron chi connectivity index (χ3n) is 2.56. The summed E-state index contributed by atoms with van der Waals surface area (Å²) < 4.78 is 31.5. The molecule has 0 fully saturated rings. The van der Waals surface area contributed by atoms with Gasteiger partial charge in [0.15, 0.2) is 0 Å². The first kappa shape index (κ1) is 16.6. The van der Waals surface area contributed by atoms with Gasteiger partial charge in [0, 0.05) is 0 Å². The third kappa shape index (κ3) is 3.17. The highest BCUT2D eigenvalue weighted by atomic mass is 32.2. The number of hydrogen-bond acceptors (Lipinski definition) is 6. The van der Waals surface area contributed by atoms with Gasteiger partial charge in [-0.25, -0.2) is 13.2 Å². The maximum absolute atomic E-state index is 12.4. The summed E-state index contributed by atoms with van der Waals surface area (Å²) in [5.41, 5.74) is 4.06. The molecule has 0 radical (unpaired) electrons. The van der Waals surface area contributed by atoms with Gasteiger partial charge in [-0.3, -0.25) is 4.79 Å². The van der Waals surface area contributed by atoms with Crippen LogP contribution in [0.1, 0.15) is 29.1 Å². The normalized spacial score (nSPS) is 12.2. The minimum absolute atomic E-state index is 0.0437. The average Bonchev–Trinajstić information content (AvgIpc) is 2.69. The number of esters is 1. The van der Waals surface area contributed by atoms with Gasteiger partial charge in [-0.05, 0) is 31.7 Å². The number of hydrogen-bond donors (Lipinski definition) is 2. The molecule has 1 aromatic heterocycles. The van der Waals surface area contributed by atoms with E-state index >= 15 is 0 Å². The number of methoxy groups -OCH3 is 1. The molecule has 0 saturated carbocycles. The van der Waals surface area contributed by atoms with Crippen molar-refractivity contribution >= 4 is 33.2 Å². The average molecular weight is 320 g/mol. The molecule has 1 heterocycles. The fourth-order valence-electron chi connectivity index (χ4n) is 1.44. The number of nitrogens with one attached hydrogen (secondary N) is 1. The lowest BCUT2D eigenvalue weighted by atomic mass is 10.1. The summed E-state index contributed by atoms with van der Waals surface area (Å²) in [5, 5.41) is 1.53. The van der Waals surface area contributed by atoms with E-state index in [1.807, 2.05) is 0 Å². The number of amides is 1. The number of primary amides is 1. The van der Waals surface area contributed by atoms with E-state index in [4.69, 9.17) is 5.73 Å². The Kier molecular flexibility index (Phi) is 4.57. The summed E-state index contributed by atoms with van der Waals surface area (Å²) in [6.45, 7) is 4.23. The minimum Gasteiger partial charge on any atom is -0.465 e. The SMILES string of the molecule is COC(=O)c1scc(C)c1S(=O)(=O)NC(C)(C)C(N)=O. The second-order valence-corrected chi connectivity index (χ2v) is 7.16. The van der Waals surface area contributed by atoms with Crippen molar-refractivity contribution in [1.82, 2.24) is 4.72 Å². The van der Waals surface area contributed by atoms with Crippen molar-refractivity contribution < 1.29 is 22.7 Å². The van der Waals surface area contributed by atoms with Gasteiger partial charge in [0.2, 0.25) is 15.9 Å². The largest absolute Gasteiger partial charge is 0.465 e. The highest BCUT2D eigenvalue weighted by molar-refractivity contribution is 7.89. The smallest absolute Gasteiger partial charge is 0.349 e. The van der Waals surface area contributed by atoms with Gasteiger partial charge in [-0.15, -0.1) is 11.3 Å². The minimum atomic E-state index is -4.08. The number of ether oxygens (including phenoxy) is 1. The van der Waals surface area contributed by atoms with Crippen molar-refractivity contribution in [2.75, 3.05) is 7.11 Å². The summed E-state index contributed by atoms with van der Waals surface area (Å²) in [6.07, 6.45) is 0. The first-order chi connectivity index (χ1) is 9.03. The number of thiophene rings is 1. The zero-order valence-electron chi connectivity index (χ0n) is 11.5. The van der Waals surface area contributed by atoms with Crippen LogP contribution in [0.2, 0.25) is 0 Å². The molecule has 0 aliphatic heterocycles. The number of sulfonamides is 1. The lowest BCUT2D eigenvalue weighted by Gasteiger charge is -2.22. The van der Waals surface area contributed by atoms with E-state index in [2.05, 4.69) is 9.46 Å². The van der Waals surface area contributed by atoms with Gasteiger partial charge >= 0.3 is 5.97 Å². The molecule has 1 aromatic rings. The molecule has 9 heteroatoms. The van der Waals surface area contributed by atoms with Crippen LogP contribution < -0.4 is 10.5 Å². The summed E-state index contributed by atoms with van der Waals surface area (Å²) in [5.74, 6) is -1.58. The van der Waals surface area contributed by atoms with Crippen LogP contribution in [0.4, 0.5) is 0 Å². The monoisotopic (exact) mass is 320 g/mol. The molecular weight excluding hydrogens is 304 g/mol. The van der Waals surface area contributed by atoms with Crippen LogP contribution in [0.15, 0.2) is 10.3 Å². The van der Waals surface area contributed by atoms with Gasteiger partial charge in [0.05, 0.1) is 7.11 Å². The first-order valence-electron chi connectivity index (χ1n) is 5.53. The Morgan fingerprint density at radius 3 is 2.40 bits per heavy atom. The summed E-state index contributed by atoms with van der Waals surface area (Å²) in [4.78, 5) is 22.6. The zero-order valence-corrected chi connectivity index (χ0v) is 13.1. The lowest BCUT2D eigenvalue weighted by molar-refractivity contribution is -0.122. The number of carbonyl (C=O) groups excluding carboxylic acids is 2. The number of rotatable bonds is 5. The molecular formula is C11H16N2O5S2. The van der Waals surface area contributed by atoms with Gasteiger partial charge in [0.25, 0.3) is 0 Å². The summed E-state index contributed by atoms with van der Waals surface area (Å²) in [6, 6.07) is 0. The molecule has 112 valence electrons. The number of nitrogens with two attached hydrogens (primary N) is 1. The standard InChI is InChI=1S/C11H16N2O5S2/c1-6-5-19-7(9(14)18-4)8(6)20(16,17)13-11(2,3)10(12)15/h5,13H,1-4H3,(H2,12,15). The van der Waals surface area contributed by atoms with Crippen molar-refractivity contribution in [3.63, 3.8) is 0 Å². The van der Waals surface area contributed by atoms with Crippen molar-refractivity contribution in [2.45, 2.75) is 31.2 Å². The second-order valence-electron chi connectivity index (χ2n) is 4.66. The van der Waals surface area contributed by atoms with Gasteiger partial charge in [0.1, 0.15) is 15.3 Å². The number of aryl methyl sites for hydroxylation is 1. The predicted octanol–water partition coefficient (Wildman–Crippen LogP) is 0.385. The molecule has 1 rings (SSSR count). The van der Waals surface area contributed by atoms with Gasteiger partial charge in [-0.2, -0.15) is 4.72 Å².